The van der Waals surface area contributed by atoms with Crippen molar-refractivity contribution < 1.29 is 28.1 Å². The van der Waals surface area contributed by atoms with Gasteiger partial charge in [-0.25, -0.2) is 4.79 Å². The molecule has 7 heteroatoms. The molecule has 0 saturated heterocycles. The Hall–Kier alpha value is -2.09. The van der Waals surface area contributed by atoms with Gasteiger partial charge in [-0.05, 0) is 25.0 Å². The van der Waals surface area contributed by atoms with E-state index in [-0.39, 0.29) is 5.63 Å². The Labute approximate surface area is 158 Å². The minimum Gasteiger partial charge on any atom is -0.487 e. The Kier molecular flexibility index (Phi) is 7.09. The van der Waals surface area contributed by atoms with Crippen molar-refractivity contribution in [2.24, 2.45) is 0 Å². The molecule has 0 unspecified atom stereocenters. The van der Waals surface area contributed by atoms with Crippen LogP contribution in [0.25, 0.3) is 11.0 Å². The Morgan fingerprint density at radius 2 is 1.33 bits per heavy atom. The summed E-state index contributed by atoms with van der Waals surface area (Å²) in [4.78, 5) is 12.2. The first-order valence-corrected chi connectivity index (χ1v) is 9.30. The fraction of sp³-hybridized carbons (Fsp3) is 0.550. The van der Waals surface area contributed by atoms with E-state index in [1.165, 1.54) is 0 Å². The molecule has 0 radical (unpaired) electrons. The highest BCUT2D eigenvalue weighted by Crippen LogP contribution is 2.34. The van der Waals surface area contributed by atoms with Crippen molar-refractivity contribution in [3.05, 3.63) is 33.7 Å². The smallest absolute Gasteiger partial charge is 0.339 e. The topological polar surface area (TPSA) is 76.4 Å². The summed E-state index contributed by atoms with van der Waals surface area (Å²) in [5, 5.41) is 0.845. The number of aryl methyl sites for hydroxylation is 1. The largest absolute Gasteiger partial charge is 0.487 e. The minimum absolute atomic E-state index is 0.308. The maximum absolute atomic E-state index is 12.2. The van der Waals surface area contributed by atoms with Crippen LogP contribution in [-0.2, 0) is 20.6 Å². The maximum atomic E-state index is 12.2. The average Bonchev–Trinajstić information content (AvgIpc) is 2.66. The van der Waals surface area contributed by atoms with E-state index in [2.05, 4.69) is 0 Å². The number of hydrogen-bond donors (Lipinski definition) is 0. The van der Waals surface area contributed by atoms with Gasteiger partial charge < -0.3 is 28.1 Å². The van der Waals surface area contributed by atoms with Gasteiger partial charge in [-0.1, -0.05) is 6.92 Å². The maximum Gasteiger partial charge on any atom is 0.339 e. The Morgan fingerprint density at radius 3 is 1.89 bits per heavy atom. The molecule has 1 aliphatic heterocycles. The Morgan fingerprint density at radius 1 is 0.815 bits per heavy atom. The van der Waals surface area contributed by atoms with Gasteiger partial charge >= 0.3 is 5.63 Å². The highest BCUT2D eigenvalue weighted by atomic mass is 16.6. The summed E-state index contributed by atoms with van der Waals surface area (Å²) in [7, 11) is 0. The number of benzene rings is 1. The molecule has 0 amide bonds. The fourth-order valence-electron chi connectivity index (χ4n) is 2.99. The molecule has 27 heavy (non-hydrogen) atoms. The fourth-order valence-corrected chi connectivity index (χ4v) is 2.99. The predicted octanol–water partition coefficient (Wildman–Crippen LogP) is 2.48. The molecule has 0 aliphatic carbocycles. The lowest BCUT2D eigenvalue weighted by molar-refractivity contribution is 0.00708. The molecule has 148 valence electrons. The molecule has 1 aromatic heterocycles. The zero-order valence-electron chi connectivity index (χ0n) is 15.9. The standard InChI is InChI=1S/C20H26O7/c1-3-15-14(2)16-12-18-19(13-17(16)27-20(15)21)26-11-9-24-7-5-22-4-6-23-8-10-25-18/h12-13H,3-11H2,1-2H3. The van der Waals surface area contributed by atoms with E-state index >= 15 is 0 Å². The molecule has 2 aromatic rings. The van der Waals surface area contributed by atoms with E-state index in [1.54, 1.807) is 6.07 Å². The van der Waals surface area contributed by atoms with Crippen molar-refractivity contribution in [2.45, 2.75) is 20.3 Å². The van der Waals surface area contributed by atoms with Gasteiger partial charge in [0.15, 0.2) is 11.5 Å². The number of hydrogen-bond acceptors (Lipinski definition) is 7. The van der Waals surface area contributed by atoms with Gasteiger partial charge in [0.2, 0.25) is 0 Å². The normalized spacial score (nSPS) is 17.3. The van der Waals surface area contributed by atoms with E-state index in [4.69, 9.17) is 28.1 Å². The van der Waals surface area contributed by atoms with Gasteiger partial charge in [-0.15, -0.1) is 0 Å². The molecular formula is C20H26O7. The Balaban J connectivity index is 1.90. The van der Waals surface area contributed by atoms with E-state index < -0.39 is 0 Å². The van der Waals surface area contributed by atoms with Gasteiger partial charge in [-0.2, -0.15) is 0 Å². The zero-order chi connectivity index (χ0) is 19.1. The van der Waals surface area contributed by atoms with Crippen LogP contribution in [0, 0.1) is 6.92 Å². The van der Waals surface area contributed by atoms with Crippen LogP contribution in [0.15, 0.2) is 21.3 Å². The van der Waals surface area contributed by atoms with E-state index in [0.29, 0.717) is 81.9 Å². The van der Waals surface area contributed by atoms with E-state index in [1.807, 2.05) is 19.9 Å². The van der Waals surface area contributed by atoms with Crippen LogP contribution in [0.5, 0.6) is 11.5 Å². The van der Waals surface area contributed by atoms with Crippen molar-refractivity contribution in [3.8, 4) is 11.5 Å². The summed E-state index contributed by atoms with van der Waals surface area (Å²) >= 11 is 0. The first-order chi connectivity index (χ1) is 13.2. The van der Waals surface area contributed by atoms with Crippen LogP contribution in [0.3, 0.4) is 0 Å². The van der Waals surface area contributed by atoms with Crippen molar-refractivity contribution in [2.75, 3.05) is 52.9 Å². The first kappa shape index (κ1) is 19.7. The summed E-state index contributed by atoms with van der Waals surface area (Å²) in [6, 6.07) is 3.57. The third kappa shape index (κ3) is 5.00. The molecule has 0 fully saturated rings. The van der Waals surface area contributed by atoms with Gasteiger partial charge in [0.05, 0.1) is 39.6 Å². The second-order valence-corrected chi connectivity index (χ2v) is 6.18. The molecular weight excluding hydrogens is 352 g/mol. The summed E-state index contributed by atoms with van der Waals surface area (Å²) < 4.78 is 33.6. The number of fused-ring (bicyclic) bond motifs is 2. The highest BCUT2D eigenvalue weighted by molar-refractivity contribution is 5.84. The molecule has 7 nitrogen and oxygen atoms in total. The number of ether oxygens (including phenoxy) is 5. The molecule has 0 spiro atoms. The van der Waals surface area contributed by atoms with E-state index in [9.17, 15) is 4.79 Å². The lowest BCUT2D eigenvalue weighted by atomic mass is 10.0. The van der Waals surface area contributed by atoms with Gasteiger partial charge in [0.1, 0.15) is 18.8 Å². The zero-order valence-corrected chi connectivity index (χ0v) is 15.9. The molecule has 1 aromatic carbocycles. The van der Waals surface area contributed by atoms with Crippen LogP contribution < -0.4 is 15.1 Å². The molecule has 2 heterocycles. The van der Waals surface area contributed by atoms with Crippen LogP contribution in [0.4, 0.5) is 0 Å². The van der Waals surface area contributed by atoms with Crippen LogP contribution in [0.2, 0.25) is 0 Å². The number of rotatable bonds is 1. The summed E-state index contributed by atoms with van der Waals surface area (Å²) in [6.07, 6.45) is 0.617. The van der Waals surface area contributed by atoms with Crippen molar-refractivity contribution in [3.63, 3.8) is 0 Å². The Bertz CT molecular complexity index is 812. The summed E-state index contributed by atoms with van der Waals surface area (Å²) in [5.74, 6) is 1.11. The highest BCUT2D eigenvalue weighted by Gasteiger charge is 2.15. The van der Waals surface area contributed by atoms with Crippen LogP contribution in [-0.4, -0.2) is 52.9 Å². The summed E-state index contributed by atoms with van der Waals surface area (Å²) in [6.45, 7) is 7.53. The van der Waals surface area contributed by atoms with Crippen molar-refractivity contribution in [1.82, 2.24) is 0 Å². The van der Waals surface area contributed by atoms with Crippen LogP contribution in [0.1, 0.15) is 18.1 Å². The quantitative estimate of drug-likeness (QED) is 0.706. The summed E-state index contributed by atoms with van der Waals surface area (Å²) in [5.41, 5.74) is 1.76. The third-order valence-corrected chi connectivity index (χ3v) is 4.42. The minimum atomic E-state index is -0.308. The van der Waals surface area contributed by atoms with Gasteiger partial charge in [0, 0.05) is 17.0 Å². The first-order valence-electron chi connectivity index (χ1n) is 9.30. The molecule has 0 saturated carbocycles. The average molecular weight is 378 g/mol. The molecule has 3 rings (SSSR count). The van der Waals surface area contributed by atoms with E-state index in [0.717, 1.165) is 10.9 Å². The van der Waals surface area contributed by atoms with Crippen LogP contribution >= 0.6 is 0 Å². The third-order valence-electron chi connectivity index (χ3n) is 4.42. The SMILES string of the molecule is CCc1c(C)c2cc3c(cc2oc1=O)OCCOCCOCCOCCO3. The molecule has 1 aliphatic rings. The second-order valence-electron chi connectivity index (χ2n) is 6.18. The second kappa shape index (κ2) is 9.73. The van der Waals surface area contributed by atoms with Crippen molar-refractivity contribution in [1.29, 1.82) is 0 Å². The van der Waals surface area contributed by atoms with Gasteiger partial charge in [-0.3, -0.25) is 0 Å². The lowest BCUT2D eigenvalue weighted by Gasteiger charge is -2.15. The lowest BCUT2D eigenvalue weighted by Crippen LogP contribution is -2.13. The predicted molar refractivity (Wildman–Crippen MR) is 100 cm³/mol. The van der Waals surface area contributed by atoms with Gasteiger partial charge in [0.25, 0.3) is 0 Å². The molecule has 0 N–H and O–H groups in total. The molecule has 0 atom stereocenters. The molecule has 0 bridgehead atoms. The monoisotopic (exact) mass is 378 g/mol. The van der Waals surface area contributed by atoms with Crippen molar-refractivity contribution >= 4 is 11.0 Å².